The number of rotatable bonds is 5. The molecule has 0 bridgehead atoms. The van der Waals surface area contributed by atoms with E-state index < -0.39 is 5.91 Å². The summed E-state index contributed by atoms with van der Waals surface area (Å²) in [6, 6.07) is 10.1. The maximum Gasteiger partial charge on any atom is 0.293 e. The van der Waals surface area contributed by atoms with Crippen LogP contribution in [0.15, 0.2) is 50.4 Å². The van der Waals surface area contributed by atoms with Crippen molar-refractivity contribution in [2.45, 2.75) is 0 Å². The number of nitrogens with one attached hydrogen (secondary N) is 1. The number of carbonyl (C=O) groups excluding carboxylic acids is 3. The predicted octanol–water partition coefficient (Wildman–Crippen LogP) is 4.16. The zero-order valence-corrected chi connectivity index (χ0v) is 16.4. The maximum atomic E-state index is 12.4. The molecule has 3 rings (SSSR count). The molecule has 0 spiro atoms. The summed E-state index contributed by atoms with van der Waals surface area (Å²) in [6.07, 6.45) is 1.64. The molecule has 3 amide bonds. The van der Waals surface area contributed by atoms with E-state index in [1.54, 1.807) is 36.4 Å². The smallest absolute Gasteiger partial charge is 0.293 e. The van der Waals surface area contributed by atoms with Gasteiger partial charge in [-0.05, 0) is 63.6 Å². The topological polar surface area (TPSA) is 79.6 Å². The van der Waals surface area contributed by atoms with Crippen molar-refractivity contribution in [2.24, 2.45) is 0 Å². The minimum Gasteiger partial charge on any atom is -0.444 e. The Labute approximate surface area is 166 Å². The molecule has 26 heavy (non-hydrogen) atoms. The molecule has 0 saturated carbocycles. The Morgan fingerprint density at radius 2 is 1.96 bits per heavy atom. The highest BCUT2D eigenvalue weighted by molar-refractivity contribution is 9.10. The van der Waals surface area contributed by atoms with Gasteiger partial charge in [0.15, 0.2) is 10.4 Å². The van der Waals surface area contributed by atoms with E-state index in [4.69, 9.17) is 16.0 Å². The Hall–Kier alpha value is -2.03. The average Bonchev–Trinajstić information content (AvgIpc) is 3.15. The molecule has 1 fully saturated rings. The number of halogens is 2. The molecule has 0 atom stereocenters. The van der Waals surface area contributed by atoms with Crippen molar-refractivity contribution >= 4 is 62.4 Å². The third-order valence-corrected chi connectivity index (χ3v) is 5.04. The fourth-order valence-electron chi connectivity index (χ4n) is 2.21. The molecule has 0 radical (unpaired) electrons. The van der Waals surface area contributed by atoms with Gasteiger partial charge in [-0.1, -0.05) is 23.7 Å². The number of furan rings is 1. The summed E-state index contributed by atoms with van der Waals surface area (Å²) >= 11 is 9.82. The zero-order chi connectivity index (χ0) is 18.7. The second-order valence-electron chi connectivity index (χ2n) is 5.24. The van der Waals surface area contributed by atoms with E-state index in [1.165, 1.54) is 6.07 Å². The highest BCUT2D eigenvalue weighted by Gasteiger charge is 2.34. The summed E-state index contributed by atoms with van der Waals surface area (Å²) in [7, 11) is 0. The van der Waals surface area contributed by atoms with Gasteiger partial charge < -0.3 is 9.73 Å². The lowest BCUT2D eigenvalue weighted by atomic mass is 10.2. The van der Waals surface area contributed by atoms with Gasteiger partial charge in [-0.15, -0.1) is 0 Å². The molecule has 1 N–H and O–H groups in total. The third kappa shape index (κ3) is 4.38. The highest BCUT2D eigenvalue weighted by Crippen LogP contribution is 2.32. The molecule has 0 aliphatic carbocycles. The molecule has 1 aliphatic rings. The maximum absolute atomic E-state index is 12.4. The van der Waals surface area contributed by atoms with Crippen LogP contribution >= 0.6 is 39.3 Å². The van der Waals surface area contributed by atoms with Crippen molar-refractivity contribution in [3.8, 4) is 0 Å². The van der Waals surface area contributed by atoms with Crippen LogP contribution in [0.1, 0.15) is 16.1 Å². The average molecular weight is 456 g/mol. The summed E-state index contributed by atoms with van der Waals surface area (Å²) in [5, 5.41) is 2.83. The van der Waals surface area contributed by atoms with Crippen LogP contribution in [0.25, 0.3) is 6.08 Å². The van der Waals surface area contributed by atoms with E-state index in [9.17, 15) is 14.4 Å². The predicted molar refractivity (Wildman–Crippen MR) is 103 cm³/mol. The number of benzene rings is 1. The van der Waals surface area contributed by atoms with Gasteiger partial charge >= 0.3 is 0 Å². The van der Waals surface area contributed by atoms with Gasteiger partial charge in [0.25, 0.3) is 17.1 Å². The summed E-state index contributed by atoms with van der Waals surface area (Å²) in [5.41, 5.74) is 0.775. The van der Waals surface area contributed by atoms with E-state index >= 15 is 0 Å². The number of hydrogen-bond acceptors (Lipinski definition) is 5. The zero-order valence-electron chi connectivity index (χ0n) is 13.2. The lowest BCUT2D eigenvalue weighted by Crippen LogP contribution is -2.37. The van der Waals surface area contributed by atoms with Crippen LogP contribution in [-0.2, 0) is 4.79 Å². The lowest BCUT2D eigenvalue weighted by Gasteiger charge is -2.12. The molecule has 1 aromatic heterocycles. The van der Waals surface area contributed by atoms with Crippen LogP contribution in [0, 0.1) is 0 Å². The highest BCUT2D eigenvalue weighted by atomic mass is 79.9. The molecule has 9 heteroatoms. The number of carbonyl (C=O) groups is 3. The van der Waals surface area contributed by atoms with E-state index in [0.29, 0.717) is 14.6 Å². The van der Waals surface area contributed by atoms with Gasteiger partial charge in [0.2, 0.25) is 0 Å². The molecule has 6 nitrogen and oxygen atoms in total. The van der Waals surface area contributed by atoms with Gasteiger partial charge in [-0.3, -0.25) is 19.3 Å². The fraction of sp³-hybridized carbons (Fsp3) is 0.118. The number of nitrogens with zero attached hydrogens (tertiary/aromatic N) is 1. The normalized spacial score (nSPS) is 15.8. The van der Waals surface area contributed by atoms with Crippen molar-refractivity contribution in [3.05, 3.63) is 62.3 Å². The van der Waals surface area contributed by atoms with Crippen LogP contribution in [0.2, 0.25) is 5.02 Å². The number of hydrogen-bond donors (Lipinski definition) is 1. The summed E-state index contributed by atoms with van der Waals surface area (Å²) in [6.45, 7) is 0.208. The first-order valence-corrected chi connectivity index (χ1v) is 9.47. The van der Waals surface area contributed by atoms with Gasteiger partial charge in [-0.25, -0.2) is 0 Å². The molecular formula is C17H12BrClN2O4S. The Morgan fingerprint density at radius 3 is 2.62 bits per heavy atom. The van der Waals surface area contributed by atoms with Gasteiger partial charge in [0.1, 0.15) is 0 Å². The van der Waals surface area contributed by atoms with Gasteiger partial charge in [0.05, 0.1) is 4.91 Å². The largest absolute Gasteiger partial charge is 0.444 e. The minimum absolute atomic E-state index is 0.0796. The Morgan fingerprint density at radius 1 is 1.23 bits per heavy atom. The Balaban J connectivity index is 1.58. The Kier molecular flexibility index (Phi) is 5.85. The van der Waals surface area contributed by atoms with E-state index in [2.05, 4.69) is 21.2 Å². The summed E-state index contributed by atoms with van der Waals surface area (Å²) < 4.78 is 5.58. The first-order chi connectivity index (χ1) is 12.4. The van der Waals surface area contributed by atoms with Crippen molar-refractivity contribution in [3.63, 3.8) is 0 Å². The minimum atomic E-state index is -0.417. The first-order valence-electron chi connectivity index (χ1n) is 7.48. The third-order valence-electron chi connectivity index (χ3n) is 3.46. The molecule has 2 heterocycles. The molecule has 2 aromatic rings. The first kappa shape index (κ1) is 18.8. The second-order valence-corrected chi connectivity index (χ2v) is 7.46. The van der Waals surface area contributed by atoms with Crippen LogP contribution in [0.5, 0.6) is 0 Å². The SMILES string of the molecule is O=C(NCCN1C(=O)SC(=Cc2ccc(Cl)cc2)C1=O)c1ccc(Br)o1. The van der Waals surface area contributed by atoms with Crippen LogP contribution in [0.4, 0.5) is 4.79 Å². The van der Waals surface area contributed by atoms with Crippen molar-refractivity contribution in [1.82, 2.24) is 10.2 Å². The van der Waals surface area contributed by atoms with Crippen molar-refractivity contribution < 1.29 is 18.8 Å². The fourth-order valence-corrected chi connectivity index (χ4v) is 3.51. The molecule has 134 valence electrons. The molecule has 1 saturated heterocycles. The van der Waals surface area contributed by atoms with E-state index in [-0.39, 0.29) is 30.0 Å². The quantitative estimate of drug-likeness (QED) is 0.685. The van der Waals surface area contributed by atoms with Crippen molar-refractivity contribution in [1.29, 1.82) is 0 Å². The molecule has 1 aliphatic heterocycles. The molecular weight excluding hydrogens is 444 g/mol. The molecule has 1 aromatic carbocycles. The second kappa shape index (κ2) is 8.11. The van der Waals surface area contributed by atoms with Crippen molar-refractivity contribution in [2.75, 3.05) is 13.1 Å². The number of thioether (sulfide) groups is 1. The van der Waals surface area contributed by atoms with Gasteiger partial charge in [0, 0.05) is 18.1 Å². The van der Waals surface area contributed by atoms with Crippen LogP contribution < -0.4 is 5.32 Å². The summed E-state index contributed by atoms with van der Waals surface area (Å²) in [4.78, 5) is 37.8. The Bertz CT molecular complexity index is 894. The van der Waals surface area contributed by atoms with Crippen LogP contribution in [-0.4, -0.2) is 35.0 Å². The number of amides is 3. The summed E-state index contributed by atoms with van der Waals surface area (Å²) in [5.74, 6) is -0.655. The number of imide groups is 1. The molecule has 0 unspecified atom stereocenters. The van der Waals surface area contributed by atoms with E-state index in [1.807, 2.05) is 0 Å². The van der Waals surface area contributed by atoms with Crippen LogP contribution in [0.3, 0.4) is 0 Å². The monoisotopic (exact) mass is 454 g/mol. The van der Waals surface area contributed by atoms with Gasteiger partial charge in [-0.2, -0.15) is 0 Å². The lowest BCUT2D eigenvalue weighted by molar-refractivity contribution is -0.122. The van der Waals surface area contributed by atoms with E-state index in [0.717, 1.165) is 22.2 Å². The standard InChI is InChI=1S/C17H12BrClN2O4S/c18-14-6-5-12(25-14)15(22)20-7-8-21-16(23)13(26-17(21)24)9-10-1-3-11(19)4-2-10/h1-6,9H,7-8H2,(H,20,22).